The molecule has 8 heteroatoms. The summed E-state index contributed by atoms with van der Waals surface area (Å²) < 4.78 is 45.6. The number of piperazine rings is 1. The number of sulfonamides is 1. The number of para-hydroxylation sites is 2. The lowest BCUT2D eigenvalue weighted by atomic mass is 10.2. The number of benzene rings is 2. The number of halogens is 1. The molecule has 1 aliphatic rings. The van der Waals surface area contributed by atoms with Gasteiger partial charge in [-0.1, -0.05) is 18.2 Å². The Morgan fingerprint density at radius 2 is 1.81 bits per heavy atom. The minimum Gasteiger partial charge on any atom is -0.495 e. The fourth-order valence-corrected chi connectivity index (χ4v) is 4.21. The van der Waals surface area contributed by atoms with Crippen molar-refractivity contribution in [2.75, 3.05) is 51.3 Å². The van der Waals surface area contributed by atoms with Gasteiger partial charge in [-0.15, -0.1) is 0 Å². The van der Waals surface area contributed by atoms with Crippen molar-refractivity contribution in [3.8, 4) is 5.75 Å². The number of methoxy groups -OCH3 is 1. The van der Waals surface area contributed by atoms with Crippen molar-refractivity contribution in [1.29, 1.82) is 0 Å². The summed E-state index contributed by atoms with van der Waals surface area (Å²) in [4.78, 5) is 4.43. The van der Waals surface area contributed by atoms with Gasteiger partial charge in [0.05, 0.1) is 17.7 Å². The number of nitrogens with one attached hydrogen (secondary N) is 1. The molecule has 6 nitrogen and oxygen atoms in total. The predicted octanol–water partition coefficient (Wildman–Crippen LogP) is 1.93. The lowest BCUT2D eigenvalue weighted by molar-refractivity contribution is 0.261. The van der Waals surface area contributed by atoms with Crippen LogP contribution >= 0.6 is 0 Å². The molecule has 0 atom stereocenters. The number of anilines is 1. The van der Waals surface area contributed by atoms with E-state index in [1.165, 1.54) is 18.2 Å². The lowest BCUT2D eigenvalue weighted by Crippen LogP contribution is -2.48. The van der Waals surface area contributed by atoms with Gasteiger partial charge in [0.2, 0.25) is 10.0 Å². The summed E-state index contributed by atoms with van der Waals surface area (Å²) in [6.07, 6.45) is 0. The molecule has 0 amide bonds. The Labute approximate surface area is 159 Å². The molecule has 1 fully saturated rings. The van der Waals surface area contributed by atoms with E-state index in [0.717, 1.165) is 43.7 Å². The highest BCUT2D eigenvalue weighted by molar-refractivity contribution is 7.89. The molecule has 3 rings (SSSR count). The molecule has 0 unspecified atom stereocenters. The molecular formula is C19H24FN3O3S. The molecule has 0 radical (unpaired) electrons. The maximum atomic E-state index is 13.2. The highest BCUT2D eigenvalue weighted by Crippen LogP contribution is 2.28. The number of ether oxygens (including phenoxy) is 1. The van der Waals surface area contributed by atoms with Crippen LogP contribution in [0.5, 0.6) is 5.75 Å². The molecule has 1 N–H and O–H groups in total. The largest absolute Gasteiger partial charge is 0.495 e. The van der Waals surface area contributed by atoms with E-state index in [9.17, 15) is 12.8 Å². The summed E-state index contributed by atoms with van der Waals surface area (Å²) in [7, 11) is -2.02. The van der Waals surface area contributed by atoms with Crippen LogP contribution in [-0.2, 0) is 10.0 Å². The molecule has 0 aromatic heterocycles. The molecule has 1 aliphatic heterocycles. The summed E-state index contributed by atoms with van der Waals surface area (Å²) in [6.45, 7) is 4.25. The molecule has 1 saturated heterocycles. The quantitative estimate of drug-likeness (QED) is 0.779. The third kappa shape index (κ3) is 4.97. The fraction of sp³-hybridized carbons (Fsp3) is 0.368. The van der Waals surface area contributed by atoms with Crippen molar-refractivity contribution >= 4 is 15.7 Å². The number of nitrogens with zero attached hydrogens (tertiary/aromatic N) is 2. The van der Waals surface area contributed by atoms with Crippen LogP contribution in [0.3, 0.4) is 0 Å². The van der Waals surface area contributed by atoms with Crippen molar-refractivity contribution in [1.82, 2.24) is 9.62 Å². The Morgan fingerprint density at radius 1 is 1.07 bits per heavy atom. The summed E-state index contributed by atoms with van der Waals surface area (Å²) in [6, 6.07) is 13.0. The zero-order chi connectivity index (χ0) is 19.3. The van der Waals surface area contributed by atoms with E-state index in [-0.39, 0.29) is 11.4 Å². The molecule has 0 saturated carbocycles. The van der Waals surface area contributed by atoms with Crippen LogP contribution in [0.15, 0.2) is 53.4 Å². The van der Waals surface area contributed by atoms with Crippen LogP contribution in [0.25, 0.3) is 0 Å². The van der Waals surface area contributed by atoms with Crippen LogP contribution in [0.1, 0.15) is 0 Å². The average Bonchev–Trinajstić information content (AvgIpc) is 2.68. The Morgan fingerprint density at radius 3 is 2.52 bits per heavy atom. The standard InChI is InChI=1S/C19H24FN3O3S/c1-26-19-8-3-2-7-18(19)23-13-11-22(12-14-23)10-9-21-27(24,25)17-6-4-5-16(20)15-17/h2-8,15,21H,9-14H2,1H3. The predicted molar refractivity (Wildman–Crippen MR) is 103 cm³/mol. The monoisotopic (exact) mass is 393 g/mol. The Hall–Kier alpha value is -2.16. The van der Waals surface area contributed by atoms with Gasteiger partial charge >= 0.3 is 0 Å². The van der Waals surface area contributed by atoms with Gasteiger partial charge in [-0.2, -0.15) is 0 Å². The van der Waals surface area contributed by atoms with Gasteiger partial charge < -0.3 is 9.64 Å². The van der Waals surface area contributed by atoms with Gasteiger partial charge in [0, 0.05) is 39.3 Å². The van der Waals surface area contributed by atoms with Crippen molar-refractivity contribution in [3.63, 3.8) is 0 Å². The van der Waals surface area contributed by atoms with E-state index in [1.54, 1.807) is 7.11 Å². The molecule has 0 aliphatic carbocycles. The van der Waals surface area contributed by atoms with E-state index in [4.69, 9.17) is 4.74 Å². The van der Waals surface area contributed by atoms with Crippen molar-refractivity contribution in [3.05, 3.63) is 54.3 Å². The average molecular weight is 393 g/mol. The maximum absolute atomic E-state index is 13.2. The van der Waals surface area contributed by atoms with Gasteiger partial charge in [0.1, 0.15) is 11.6 Å². The topological polar surface area (TPSA) is 61.9 Å². The van der Waals surface area contributed by atoms with Crippen molar-refractivity contribution in [2.45, 2.75) is 4.90 Å². The van der Waals surface area contributed by atoms with Crippen LogP contribution in [0, 0.1) is 5.82 Å². The second-order valence-electron chi connectivity index (χ2n) is 6.36. The zero-order valence-electron chi connectivity index (χ0n) is 15.3. The van der Waals surface area contributed by atoms with E-state index in [2.05, 4.69) is 14.5 Å². The third-order valence-corrected chi connectivity index (χ3v) is 6.08. The zero-order valence-corrected chi connectivity index (χ0v) is 16.1. The molecule has 27 heavy (non-hydrogen) atoms. The van der Waals surface area contributed by atoms with Gasteiger partial charge in [0.25, 0.3) is 0 Å². The molecule has 0 bridgehead atoms. The summed E-state index contributed by atoms with van der Waals surface area (Å²) in [5.41, 5.74) is 1.08. The molecule has 146 valence electrons. The van der Waals surface area contributed by atoms with E-state index in [1.807, 2.05) is 24.3 Å². The Bertz CT molecular complexity index is 868. The molecule has 2 aromatic rings. The summed E-state index contributed by atoms with van der Waals surface area (Å²) >= 11 is 0. The second kappa shape index (κ2) is 8.69. The first kappa shape index (κ1) is 19.6. The first-order chi connectivity index (χ1) is 13.0. The second-order valence-corrected chi connectivity index (χ2v) is 8.12. The normalized spacial score (nSPS) is 15.7. The number of hydrogen-bond acceptors (Lipinski definition) is 5. The number of rotatable bonds is 7. The van der Waals surface area contributed by atoms with Crippen LogP contribution < -0.4 is 14.4 Å². The van der Waals surface area contributed by atoms with Crippen LogP contribution in [0.4, 0.5) is 10.1 Å². The summed E-state index contributed by atoms with van der Waals surface area (Å²) in [5.74, 6) is 0.291. The minimum atomic E-state index is -3.69. The van der Waals surface area contributed by atoms with E-state index >= 15 is 0 Å². The number of hydrogen-bond donors (Lipinski definition) is 1. The van der Waals surface area contributed by atoms with Gasteiger partial charge in [-0.25, -0.2) is 17.5 Å². The minimum absolute atomic E-state index is 0.0523. The lowest BCUT2D eigenvalue weighted by Gasteiger charge is -2.36. The Balaban J connectivity index is 1.49. The maximum Gasteiger partial charge on any atom is 0.240 e. The van der Waals surface area contributed by atoms with Crippen LogP contribution in [-0.4, -0.2) is 59.7 Å². The smallest absolute Gasteiger partial charge is 0.240 e. The van der Waals surface area contributed by atoms with Crippen molar-refractivity contribution < 1.29 is 17.5 Å². The molecule has 2 aromatic carbocycles. The SMILES string of the molecule is COc1ccccc1N1CCN(CCNS(=O)(=O)c2cccc(F)c2)CC1. The van der Waals surface area contributed by atoms with Crippen LogP contribution in [0.2, 0.25) is 0 Å². The van der Waals surface area contributed by atoms with Gasteiger partial charge in [0.15, 0.2) is 0 Å². The first-order valence-electron chi connectivity index (χ1n) is 8.85. The molecule has 0 spiro atoms. The highest BCUT2D eigenvalue weighted by atomic mass is 32.2. The first-order valence-corrected chi connectivity index (χ1v) is 10.3. The van der Waals surface area contributed by atoms with Gasteiger partial charge in [-0.3, -0.25) is 4.90 Å². The third-order valence-electron chi connectivity index (χ3n) is 4.62. The fourth-order valence-electron chi connectivity index (χ4n) is 3.16. The molecule has 1 heterocycles. The highest BCUT2D eigenvalue weighted by Gasteiger charge is 2.20. The van der Waals surface area contributed by atoms with E-state index in [0.29, 0.717) is 6.54 Å². The van der Waals surface area contributed by atoms with Crippen molar-refractivity contribution in [2.24, 2.45) is 0 Å². The molecular weight excluding hydrogens is 369 g/mol. The van der Waals surface area contributed by atoms with Gasteiger partial charge in [-0.05, 0) is 30.3 Å². The van der Waals surface area contributed by atoms with E-state index < -0.39 is 15.8 Å². The summed E-state index contributed by atoms with van der Waals surface area (Å²) in [5, 5.41) is 0. The Kier molecular flexibility index (Phi) is 6.30.